The predicted molar refractivity (Wildman–Crippen MR) is 76.6 cm³/mol. The molecule has 0 aliphatic heterocycles. The quantitative estimate of drug-likeness (QED) is 0.890. The largest absolute Gasteiger partial charge is 0.388 e. The number of rotatable bonds is 3. The Morgan fingerprint density at radius 2 is 1.88 bits per heavy atom. The zero-order valence-corrected chi connectivity index (χ0v) is 12.3. The Hall–Kier alpha value is -0.640. The number of hydrogen-bond acceptors (Lipinski definition) is 2. The van der Waals surface area contributed by atoms with Gasteiger partial charge < -0.3 is 5.11 Å². The number of hydrogen-bond donors (Lipinski definition) is 1. The topological polar surface area (TPSA) is 20.2 Å². The molecule has 0 aliphatic rings. The third-order valence-corrected chi connectivity index (χ3v) is 4.29. The molecule has 1 nitrogen and oxygen atoms in total. The predicted octanol–water partition coefficient (Wildman–Crippen LogP) is 4.40. The fourth-order valence-corrected chi connectivity index (χ4v) is 3.18. The number of halogens is 1. The van der Waals surface area contributed by atoms with Gasteiger partial charge in [0.15, 0.2) is 0 Å². The molecule has 0 saturated heterocycles. The van der Waals surface area contributed by atoms with E-state index in [9.17, 15) is 5.11 Å². The smallest absolute Gasteiger partial charge is 0.0841 e. The molecule has 90 valence electrons. The summed E-state index contributed by atoms with van der Waals surface area (Å²) in [6, 6.07) is 10.2. The van der Waals surface area contributed by atoms with Crippen LogP contribution < -0.4 is 0 Å². The van der Waals surface area contributed by atoms with Gasteiger partial charge in [-0.15, -0.1) is 11.3 Å². The SMILES string of the molecule is Cc1cc(C(O)Cc2ccc(Br)cc2)c(C)s1. The Bertz CT molecular complexity index is 501. The van der Waals surface area contributed by atoms with Gasteiger partial charge in [-0.2, -0.15) is 0 Å². The highest BCUT2D eigenvalue weighted by Gasteiger charge is 2.13. The second kappa shape index (κ2) is 5.34. The van der Waals surface area contributed by atoms with Gasteiger partial charge in [0.1, 0.15) is 0 Å². The molecule has 0 amide bonds. The van der Waals surface area contributed by atoms with Crippen molar-refractivity contribution >= 4 is 27.3 Å². The Balaban J connectivity index is 2.14. The summed E-state index contributed by atoms with van der Waals surface area (Å²) in [5, 5.41) is 10.2. The normalized spacial score (nSPS) is 12.7. The van der Waals surface area contributed by atoms with Gasteiger partial charge in [-0.3, -0.25) is 0 Å². The fraction of sp³-hybridized carbons (Fsp3) is 0.286. The second-order valence-corrected chi connectivity index (χ2v) is 6.59. The van der Waals surface area contributed by atoms with Gasteiger partial charge >= 0.3 is 0 Å². The van der Waals surface area contributed by atoms with Gasteiger partial charge in [-0.25, -0.2) is 0 Å². The van der Waals surface area contributed by atoms with Crippen LogP contribution in [0.3, 0.4) is 0 Å². The molecule has 1 aromatic heterocycles. The van der Waals surface area contributed by atoms with Gasteiger partial charge in [0, 0.05) is 20.6 Å². The molecule has 2 aromatic rings. The highest BCUT2D eigenvalue weighted by Crippen LogP contribution is 2.28. The lowest BCUT2D eigenvalue weighted by Crippen LogP contribution is -2.01. The minimum Gasteiger partial charge on any atom is -0.388 e. The van der Waals surface area contributed by atoms with E-state index in [1.165, 1.54) is 9.75 Å². The lowest BCUT2D eigenvalue weighted by Gasteiger charge is -2.10. The number of aliphatic hydroxyl groups is 1. The number of thiophene rings is 1. The second-order valence-electron chi connectivity index (χ2n) is 4.21. The molecule has 1 atom stereocenters. The summed E-state index contributed by atoms with van der Waals surface area (Å²) in [6.07, 6.45) is 0.269. The molecule has 0 aliphatic carbocycles. The van der Waals surface area contributed by atoms with E-state index < -0.39 is 6.10 Å². The Morgan fingerprint density at radius 1 is 1.24 bits per heavy atom. The molecule has 0 fully saturated rings. The van der Waals surface area contributed by atoms with E-state index in [-0.39, 0.29) is 0 Å². The van der Waals surface area contributed by atoms with Crippen molar-refractivity contribution < 1.29 is 5.11 Å². The Morgan fingerprint density at radius 3 is 2.41 bits per heavy atom. The van der Waals surface area contributed by atoms with Gasteiger partial charge in [-0.1, -0.05) is 28.1 Å². The molecule has 1 heterocycles. The van der Waals surface area contributed by atoms with Crippen molar-refractivity contribution in [3.63, 3.8) is 0 Å². The zero-order chi connectivity index (χ0) is 12.4. The standard InChI is InChI=1S/C14H15BrOS/c1-9-7-13(10(2)17-9)14(16)8-11-3-5-12(15)6-4-11/h3-7,14,16H,8H2,1-2H3. The molecule has 0 radical (unpaired) electrons. The van der Waals surface area contributed by atoms with E-state index in [0.29, 0.717) is 6.42 Å². The van der Waals surface area contributed by atoms with Crippen molar-refractivity contribution in [1.29, 1.82) is 0 Å². The number of aliphatic hydroxyl groups excluding tert-OH is 1. The minimum atomic E-state index is -0.402. The molecule has 0 spiro atoms. The molecule has 0 bridgehead atoms. The average Bonchev–Trinajstić information content (AvgIpc) is 2.61. The molecule has 1 unspecified atom stereocenters. The molecule has 2 rings (SSSR count). The summed E-state index contributed by atoms with van der Waals surface area (Å²) < 4.78 is 1.07. The first kappa shape index (κ1) is 12.8. The van der Waals surface area contributed by atoms with E-state index in [1.54, 1.807) is 11.3 Å². The van der Waals surface area contributed by atoms with Crippen molar-refractivity contribution in [2.24, 2.45) is 0 Å². The van der Waals surface area contributed by atoms with Crippen molar-refractivity contribution in [1.82, 2.24) is 0 Å². The van der Waals surface area contributed by atoms with Crippen LogP contribution in [0.2, 0.25) is 0 Å². The molecular weight excluding hydrogens is 296 g/mol. The fourth-order valence-electron chi connectivity index (χ4n) is 1.94. The van der Waals surface area contributed by atoms with Crippen LogP contribution >= 0.6 is 27.3 Å². The first-order valence-electron chi connectivity index (χ1n) is 5.55. The summed E-state index contributed by atoms with van der Waals surface area (Å²) in [5.41, 5.74) is 2.22. The van der Waals surface area contributed by atoms with E-state index in [0.717, 1.165) is 15.6 Å². The third-order valence-electron chi connectivity index (χ3n) is 2.78. The first-order chi connectivity index (χ1) is 8.06. The molecule has 17 heavy (non-hydrogen) atoms. The number of benzene rings is 1. The Kier molecular flexibility index (Phi) is 4.02. The maximum atomic E-state index is 10.2. The van der Waals surface area contributed by atoms with Gasteiger partial charge in [0.05, 0.1) is 6.10 Å². The minimum absolute atomic E-state index is 0.402. The first-order valence-corrected chi connectivity index (χ1v) is 7.16. The molecule has 1 aromatic carbocycles. The molecule has 3 heteroatoms. The summed E-state index contributed by atoms with van der Waals surface area (Å²) >= 11 is 5.15. The summed E-state index contributed by atoms with van der Waals surface area (Å²) in [7, 11) is 0. The summed E-state index contributed by atoms with van der Waals surface area (Å²) in [5.74, 6) is 0. The lowest BCUT2D eigenvalue weighted by molar-refractivity contribution is 0.178. The van der Waals surface area contributed by atoms with Gasteiger partial charge in [0.25, 0.3) is 0 Å². The van der Waals surface area contributed by atoms with Crippen LogP contribution in [0, 0.1) is 13.8 Å². The monoisotopic (exact) mass is 310 g/mol. The Labute approximate surface area is 114 Å². The van der Waals surface area contributed by atoms with Crippen LogP contribution in [0.5, 0.6) is 0 Å². The maximum absolute atomic E-state index is 10.2. The molecular formula is C14H15BrOS. The van der Waals surface area contributed by atoms with Crippen LogP contribution in [0.25, 0.3) is 0 Å². The van der Waals surface area contributed by atoms with Crippen LogP contribution in [0.15, 0.2) is 34.8 Å². The van der Waals surface area contributed by atoms with Gasteiger partial charge in [0.2, 0.25) is 0 Å². The van der Waals surface area contributed by atoms with Crippen molar-refractivity contribution in [3.8, 4) is 0 Å². The summed E-state index contributed by atoms with van der Waals surface area (Å²) in [4.78, 5) is 2.47. The van der Waals surface area contributed by atoms with Crippen molar-refractivity contribution in [3.05, 3.63) is 55.7 Å². The zero-order valence-electron chi connectivity index (χ0n) is 9.90. The van der Waals surface area contributed by atoms with E-state index in [4.69, 9.17) is 0 Å². The van der Waals surface area contributed by atoms with Crippen LogP contribution in [-0.2, 0) is 6.42 Å². The van der Waals surface area contributed by atoms with E-state index >= 15 is 0 Å². The highest BCUT2D eigenvalue weighted by molar-refractivity contribution is 9.10. The van der Waals surface area contributed by atoms with Crippen molar-refractivity contribution in [2.75, 3.05) is 0 Å². The third kappa shape index (κ3) is 3.18. The van der Waals surface area contributed by atoms with Crippen LogP contribution in [-0.4, -0.2) is 5.11 Å². The molecule has 0 saturated carbocycles. The van der Waals surface area contributed by atoms with Crippen molar-refractivity contribution in [2.45, 2.75) is 26.4 Å². The highest BCUT2D eigenvalue weighted by atomic mass is 79.9. The van der Waals surface area contributed by atoms with Crippen LogP contribution in [0.4, 0.5) is 0 Å². The van der Waals surface area contributed by atoms with Gasteiger partial charge in [-0.05, 0) is 43.2 Å². The van der Waals surface area contributed by atoms with E-state index in [1.807, 2.05) is 24.3 Å². The lowest BCUT2D eigenvalue weighted by atomic mass is 10.0. The van der Waals surface area contributed by atoms with E-state index in [2.05, 4.69) is 35.8 Å². The average molecular weight is 311 g/mol. The van der Waals surface area contributed by atoms with Crippen LogP contribution in [0.1, 0.15) is 27.0 Å². The summed E-state index contributed by atoms with van der Waals surface area (Å²) in [6.45, 7) is 4.14. The number of aryl methyl sites for hydroxylation is 2. The maximum Gasteiger partial charge on any atom is 0.0841 e. The molecule has 1 N–H and O–H groups in total.